The van der Waals surface area contributed by atoms with Crippen LogP contribution < -0.4 is 5.32 Å². The van der Waals surface area contributed by atoms with Crippen molar-refractivity contribution in [2.45, 2.75) is 25.2 Å². The molecule has 1 aromatic carbocycles. The van der Waals surface area contributed by atoms with Crippen molar-refractivity contribution in [3.8, 4) is 0 Å². The highest BCUT2D eigenvalue weighted by Gasteiger charge is 2.28. The zero-order valence-electron chi connectivity index (χ0n) is 16.8. The van der Waals surface area contributed by atoms with Crippen molar-refractivity contribution >= 4 is 42.8 Å². The zero-order chi connectivity index (χ0) is 20.4. The Hall–Kier alpha value is -0.400. The number of nitrogens with one attached hydrogen (secondary N) is 1. The second-order valence-electron chi connectivity index (χ2n) is 7.68. The third-order valence-corrected chi connectivity index (χ3v) is 6.18. The molecular formula is C21H34ClN3OS2. The third-order valence-electron chi connectivity index (χ3n) is 5.50. The summed E-state index contributed by atoms with van der Waals surface area (Å²) >= 11 is 14.6. The van der Waals surface area contributed by atoms with E-state index in [1.807, 2.05) is 12.1 Å². The van der Waals surface area contributed by atoms with E-state index in [2.05, 4.69) is 59.6 Å². The minimum Gasteiger partial charge on any atom is -0.354 e. The van der Waals surface area contributed by atoms with E-state index < -0.39 is 0 Å². The normalized spacial score (nSPS) is 20.5. The monoisotopic (exact) mass is 443 g/mol. The highest BCUT2D eigenvalue weighted by molar-refractivity contribution is 7.80. The fourth-order valence-corrected chi connectivity index (χ4v) is 4.62. The van der Waals surface area contributed by atoms with Crippen molar-refractivity contribution in [1.82, 2.24) is 15.1 Å². The second-order valence-corrected chi connectivity index (χ2v) is 9.02. The molecule has 1 fully saturated rings. The number of hydrogen-bond acceptors (Lipinski definition) is 5. The van der Waals surface area contributed by atoms with Crippen LogP contribution in [0.4, 0.5) is 0 Å². The predicted octanol–water partition coefficient (Wildman–Crippen LogP) is 3.43. The summed E-state index contributed by atoms with van der Waals surface area (Å²) in [6.45, 7) is 5.10. The Bertz CT molecular complexity index is 588. The molecule has 1 N–H and O–H groups in total. The van der Waals surface area contributed by atoms with Crippen LogP contribution in [0.25, 0.3) is 0 Å². The Morgan fingerprint density at radius 3 is 2.68 bits per heavy atom. The molecule has 2 rings (SSSR count). The van der Waals surface area contributed by atoms with Gasteiger partial charge in [0.05, 0.1) is 6.54 Å². The minimum atomic E-state index is 0.0762. The maximum absolute atomic E-state index is 12.0. The predicted molar refractivity (Wildman–Crippen MR) is 126 cm³/mol. The molecule has 1 aromatic rings. The molecule has 0 unspecified atom stereocenters. The number of piperidine rings is 1. The molecule has 4 nitrogen and oxygen atoms in total. The molecule has 0 saturated carbocycles. The largest absolute Gasteiger partial charge is 0.354 e. The van der Waals surface area contributed by atoms with Crippen LogP contribution in [-0.2, 0) is 4.79 Å². The first-order valence-electron chi connectivity index (χ1n) is 10.2. The Labute approximate surface area is 186 Å². The molecule has 1 amide bonds. The summed E-state index contributed by atoms with van der Waals surface area (Å²) in [7, 11) is 2.21. The lowest BCUT2D eigenvalue weighted by atomic mass is 9.78. The highest BCUT2D eigenvalue weighted by Crippen LogP contribution is 2.35. The van der Waals surface area contributed by atoms with Crippen molar-refractivity contribution in [1.29, 1.82) is 0 Å². The Morgan fingerprint density at radius 1 is 1.25 bits per heavy atom. The van der Waals surface area contributed by atoms with E-state index in [9.17, 15) is 4.79 Å². The van der Waals surface area contributed by atoms with Gasteiger partial charge >= 0.3 is 0 Å². The molecule has 1 aliphatic heterocycles. The van der Waals surface area contributed by atoms with Crippen molar-refractivity contribution in [3.05, 3.63) is 34.9 Å². The van der Waals surface area contributed by atoms with Gasteiger partial charge in [-0.2, -0.15) is 25.3 Å². The molecule has 2 atom stereocenters. The average Bonchev–Trinajstić information content (AvgIpc) is 2.67. The molecule has 28 heavy (non-hydrogen) atoms. The van der Waals surface area contributed by atoms with E-state index in [-0.39, 0.29) is 5.91 Å². The number of likely N-dealkylation sites (tertiary alicyclic amines) is 1. The maximum atomic E-state index is 12.0. The third kappa shape index (κ3) is 8.15. The van der Waals surface area contributed by atoms with Crippen LogP contribution in [0.5, 0.6) is 0 Å². The summed E-state index contributed by atoms with van der Waals surface area (Å²) in [6.07, 6.45) is 3.45. The number of thiol groups is 2. The average molecular weight is 444 g/mol. The van der Waals surface area contributed by atoms with E-state index in [4.69, 9.17) is 11.6 Å². The number of amides is 1. The Balaban J connectivity index is 1.89. The van der Waals surface area contributed by atoms with Gasteiger partial charge in [0.15, 0.2) is 0 Å². The topological polar surface area (TPSA) is 35.6 Å². The molecule has 1 saturated heterocycles. The van der Waals surface area contributed by atoms with Gasteiger partial charge in [-0.25, -0.2) is 0 Å². The lowest BCUT2D eigenvalue weighted by molar-refractivity contribution is -0.122. The fourth-order valence-electron chi connectivity index (χ4n) is 4.10. The van der Waals surface area contributed by atoms with Crippen LogP contribution in [0.15, 0.2) is 24.3 Å². The fraction of sp³-hybridized carbons (Fsp3) is 0.667. The van der Waals surface area contributed by atoms with Gasteiger partial charge in [-0.05, 0) is 68.9 Å². The molecule has 0 aromatic heterocycles. The van der Waals surface area contributed by atoms with Gasteiger partial charge in [-0.15, -0.1) is 0 Å². The van der Waals surface area contributed by atoms with Crippen molar-refractivity contribution < 1.29 is 4.79 Å². The van der Waals surface area contributed by atoms with E-state index in [1.165, 1.54) is 18.4 Å². The summed E-state index contributed by atoms with van der Waals surface area (Å²) in [4.78, 5) is 16.7. The summed E-state index contributed by atoms with van der Waals surface area (Å²) in [6, 6.07) is 8.38. The molecular weight excluding hydrogens is 410 g/mol. The van der Waals surface area contributed by atoms with Gasteiger partial charge < -0.3 is 10.2 Å². The first-order valence-corrected chi connectivity index (χ1v) is 11.8. The van der Waals surface area contributed by atoms with Gasteiger partial charge in [-0.1, -0.05) is 23.7 Å². The summed E-state index contributed by atoms with van der Waals surface area (Å²) in [5.41, 5.74) is 1.40. The number of halogens is 1. The number of carbonyl (C=O) groups excluding carboxylic acids is 1. The summed E-state index contributed by atoms with van der Waals surface area (Å²) in [5.74, 6) is 2.73. The van der Waals surface area contributed by atoms with Crippen LogP contribution in [0.2, 0.25) is 5.02 Å². The Morgan fingerprint density at radius 2 is 2.00 bits per heavy atom. The van der Waals surface area contributed by atoms with Crippen LogP contribution in [0, 0.1) is 5.92 Å². The summed E-state index contributed by atoms with van der Waals surface area (Å²) in [5, 5.41) is 3.70. The van der Waals surface area contributed by atoms with E-state index in [0.717, 1.165) is 43.4 Å². The minimum absolute atomic E-state index is 0.0762. The highest BCUT2D eigenvalue weighted by atomic mass is 35.5. The quantitative estimate of drug-likeness (QED) is 0.458. The first kappa shape index (κ1) is 23.9. The molecule has 0 aliphatic carbocycles. The number of nitrogens with zero attached hydrogens (tertiary/aromatic N) is 2. The molecule has 1 heterocycles. The lowest BCUT2D eigenvalue weighted by Crippen LogP contribution is -2.40. The van der Waals surface area contributed by atoms with Crippen molar-refractivity contribution in [2.24, 2.45) is 5.92 Å². The Kier molecular flexibility index (Phi) is 11.1. The SMILES string of the molecule is CN1CC[C@H](c2ccc(Cl)cc2)[C@H](CCCN(CCS)CC(=O)NCCS)C1. The zero-order valence-corrected chi connectivity index (χ0v) is 19.4. The molecule has 158 valence electrons. The van der Waals surface area contributed by atoms with Gasteiger partial charge in [-0.3, -0.25) is 9.69 Å². The van der Waals surface area contributed by atoms with Crippen LogP contribution in [-0.4, -0.2) is 73.5 Å². The van der Waals surface area contributed by atoms with E-state index in [0.29, 0.717) is 30.7 Å². The number of rotatable bonds is 11. The molecule has 1 aliphatic rings. The second kappa shape index (κ2) is 13.0. The number of carbonyl (C=O) groups is 1. The van der Waals surface area contributed by atoms with Crippen LogP contribution in [0.3, 0.4) is 0 Å². The van der Waals surface area contributed by atoms with Crippen molar-refractivity contribution in [2.75, 3.05) is 57.8 Å². The lowest BCUT2D eigenvalue weighted by Gasteiger charge is -2.37. The van der Waals surface area contributed by atoms with Gasteiger partial charge in [0.2, 0.25) is 5.91 Å². The van der Waals surface area contributed by atoms with Gasteiger partial charge in [0, 0.05) is 36.2 Å². The maximum Gasteiger partial charge on any atom is 0.234 e. The first-order chi connectivity index (χ1) is 13.5. The molecule has 7 heteroatoms. The van der Waals surface area contributed by atoms with Crippen LogP contribution >= 0.6 is 36.9 Å². The van der Waals surface area contributed by atoms with E-state index in [1.54, 1.807) is 0 Å². The van der Waals surface area contributed by atoms with Crippen LogP contribution in [0.1, 0.15) is 30.7 Å². The summed E-state index contributed by atoms with van der Waals surface area (Å²) < 4.78 is 0. The van der Waals surface area contributed by atoms with Gasteiger partial charge in [0.1, 0.15) is 0 Å². The standard InChI is InChI=1S/C21H34ClN3OS2/c1-24-11-8-20(17-4-6-19(22)7-5-17)18(15-24)3-2-10-25(12-14-28)16-21(26)23-9-13-27/h4-7,18,20,27-28H,2-3,8-16H2,1H3,(H,23,26)/t18-,20-/m1/s1. The molecule has 0 spiro atoms. The van der Waals surface area contributed by atoms with Gasteiger partial charge in [0.25, 0.3) is 0 Å². The van der Waals surface area contributed by atoms with E-state index >= 15 is 0 Å². The number of hydrogen-bond donors (Lipinski definition) is 3. The van der Waals surface area contributed by atoms with Crippen molar-refractivity contribution in [3.63, 3.8) is 0 Å². The number of benzene rings is 1. The smallest absolute Gasteiger partial charge is 0.234 e. The molecule has 0 radical (unpaired) electrons. The molecule has 0 bridgehead atoms.